The van der Waals surface area contributed by atoms with Crippen molar-refractivity contribution in [1.82, 2.24) is 9.78 Å². The summed E-state index contributed by atoms with van der Waals surface area (Å²) < 4.78 is 2.43. The van der Waals surface area contributed by atoms with Gasteiger partial charge >= 0.3 is 0 Å². The zero-order valence-electron chi connectivity index (χ0n) is 8.56. The van der Waals surface area contributed by atoms with Crippen molar-refractivity contribution in [2.45, 2.75) is 6.10 Å². The Bertz CT molecular complexity index is 512. The molecule has 0 aliphatic rings. The Kier molecular flexibility index (Phi) is 3.33. The van der Waals surface area contributed by atoms with Crippen LogP contribution in [0.2, 0.25) is 5.02 Å². The van der Waals surface area contributed by atoms with Gasteiger partial charge in [-0.05, 0) is 33.6 Å². The fourth-order valence-corrected chi connectivity index (χ4v) is 1.97. The molecule has 0 amide bonds. The van der Waals surface area contributed by atoms with E-state index in [2.05, 4.69) is 21.0 Å². The summed E-state index contributed by atoms with van der Waals surface area (Å²) in [6, 6.07) is 5.35. The number of aryl methyl sites for hydroxylation is 1. The average molecular weight is 302 g/mol. The number of nitrogens with zero attached hydrogens (tertiary/aromatic N) is 2. The molecule has 3 nitrogen and oxygen atoms in total. The number of hydrogen-bond donors (Lipinski definition) is 1. The number of aliphatic hydroxyl groups excluding tert-OH is 1. The van der Waals surface area contributed by atoms with Crippen LogP contribution in [0, 0.1) is 0 Å². The van der Waals surface area contributed by atoms with Crippen molar-refractivity contribution in [2.24, 2.45) is 7.05 Å². The maximum Gasteiger partial charge on any atom is 0.107 e. The summed E-state index contributed by atoms with van der Waals surface area (Å²) in [6.45, 7) is 0. The summed E-state index contributed by atoms with van der Waals surface area (Å²) in [5, 5.41) is 14.8. The second-order valence-corrected chi connectivity index (χ2v) is 4.78. The molecule has 0 bridgehead atoms. The predicted molar refractivity (Wildman–Crippen MR) is 66.4 cm³/mol. The quantitative estimate of drug-likeness (QED) is 0.926. The van der Waals surface area contributed by atoms with E-state index in [1.807, 2.05) is 7.05 Å². The van der Waals surface area contributed by atoms with Gasteiger partial charge in [-0.1, -0.05) is 17.7 Å². The van der Waals surface area contributed by atoms with Gasteiger partial charge in [0.15, 0.2) is 0 Å². The predicted octanol–water partition coefficient (Wildman–Crippen LogP) is 2.92. The zero-order chi connectivity index (χ0) is 11.7. The number of rotatable bonds is 2. The molecule has 1 aromatic heterocycles. The summed E-state index contributed by atoms with van der Waals surface area (Å²) >= 11 is 9.22. The lowest BCUT2D eigenvalue weighted by Crippen LogP contribution is -1.98. The SMILES string of the molecule is Cn1cc(C(O)c2ccc(Cl)c(Br)c2)cn1. The van der Waals surface area contributed by atoms with E-state index in [9.17, 15) is 5.11 Å². The highest BCUT2D eigenvalue weighted by atomic mass is 79.9. The maximum absolute atomic E-state index is 10.1. The van der Waals surface area contributed by atoms with Gasteiger partial charge in [0, 0.05) is 23.3 Å². The highest BCUT2D eigenvalue weighted by molar-refractivity contribution is 9.10. The fraction of sp³-hybridized carbons (Fsp3) is 0.182. The molecule has 1 N–H and O–H groups in total. The lowest BCUT2D eigenvalue weighted by atomic mass is 10.1. The summed E-state index contributed by atoms with van der Waals surface area (Å²) in [7, 11) is 1.81. The van der Waals surface area contributed by atoms with Crippen LogP contribution in [0.25, 0.3) is 0 Å². The Hall–Kier alpha value is -0.840. The molecule has 2 rings (SSSR count). The first kappa shape index (κ1) is 11.6. The van der Waals surface area contributed by atoms with Gasteiger partial charge in [-0.2, -0.15) is 5.10 Å². The van der Waals surface area contributed by atoms with Crippen LogP contribution in [-0.2, 0) is 7.05 Å². The van der Waals surface area contributed by atoms with E-state index < -0.39 is 6.10 Å². The van der Waals surface area contributed by atoms with Crippen LogP contribution in [0.1, 0.15) is 17.2 Å². The Morgan fingerprint density at radius 1 is 1.44 bits per heavy atom. The van der Waals surface area contributed by atoms with E-state index in [-0.39, 0.29) is 0 Å². The van der Waals surface area contributed by atoms with Crippen LogP contribution in [0.4, 0.5) is 0 Å². The highest BCUT2D eigenvalue weighted by Gasteiger charge is 2.13. The number of hydrogen-bond acceptors (Lipinski definition) is 2. The minimum Gasteiger partial charge on any atom is -0.384 e. The summed E-state index contributed by atoms with van der Waals surface area (Å²) in [5.41, 5.74) is 1.54. The Morgan fingerprint density at radius 3 is 2.75 bits per heavy atom. The van der Waals surface area contributed by atoms with Crippen molar-refractivity contribution >= 4 is 27.5 Å². The number of halogens is 2. The zero-order valence-corrected chi connectivity index (χ0v) is 10.9. The van der Waals surface area contributed by atoms with E-state index in [0.29, 0.717) is 5.02 Å². The van der Waals surface area contributed by atoms with Crippen molar-refractivity contribution < 1.29 is 5.11 Å². The van der Waals surface area contributed by atoms with Crippen LogP contribution in [0.3, 0.4) is 0 Å². The second-order valence-electron chi connectivity index (χ2n) is 3.52. The summed E-state index contributed by atoms with van der Waals surface area (Å²) in [4.78, 5) is 0. The molecular formula is C11H10BrClN2O. The molecule has 0 saturated carbocycles. The first-order valence-corrected chi connectivity index (χ1v) is 5.86. The smallest absolute Gasteiger partial charge is 0.107 e. The normalized spacial score (nSPS) is 12.8. The van der Waals surface area contributed by atoms with E-state index >= 15 is 0 Å². The molecule has 1 atom stereocenters. The van der Waals surface area contributed by atoms with Crippen LogP contribution >= 0.6 is 27.5 Å². The standard InChI is InChI=1S/C11H10BrClN2O/c1-15-6-8(5-14-15)11(16)7-2-3-10(13)9(12)4-7/h2-6,11,16H,1H3. The van der Waals surface area contributed by atoms with Gasteiger partial charge in [-0.3, -0.25) is 4.68 Å². The Balaban J connectivity index is 2.33. The molecule has 0 radical (unpaired) electrons. The second kappa shape index (κ2) is 4.57. The molecule has 0 saturated heterocycles. The van der Waals surface area contributed by atoms with Gasteiger partial charge in [0.2, 0.25) is 0 Å². The Labute approximate surface area is 107 Å². The third kappa shape index (κ3) is 2.29. The molecule has 0 aliphatic heterocycles. The molecular weight excluding hydrogens is 291 g/mol. The van der Waals surface area contributed by atoms with Gasteiger partial charge in [0.05, 0.1) is 11.2 Å². The fourth-order valence-electron chi connectivity index (χ4n) is 1.46. The summed E-state index contributed by atoms with van der Waals surface area (Å²) in [6.07, 6.45) is 2.75. The number of aliphatic hydroxyl groups is 1. The van der Waals surface area contributed by atoms with Crippen molar-refractivity contribution in [3.8, 4) is 0 Å². The van der Waals surface area contributed by atoms with Crippen molar-refractivity contribution in [2.75, 3.05) is 0 Å². The highest BCUT2D eigenvalue weighted by Crippen LogP contribution is 2.28. The molecule has 5 heteroatoms. The molecule has 16 heavy (non-hydrogen) atoms. The van der Waals surface area contributed by atoms with E-state index in [4.69, 9.17) is 11.6 Å². The van der Waals surface area contributed by atoms with Gasteiger partial charge in [-0.15, -0.1) is 0 Å². The summed E-state index contributed by atoms with van der Waals surface area (Å²) in [5.74, 6) is 0. The minimum atomic E-state index is -0.678. The third-order valence-electron chi connectivity index (χ3n) is 2.30. The lowest BCUT2D eigenvalue weighted by Gasteiger charge is -2.09. The van der Waals surface area contributed by atoms with E-state index in [1.54, 1.807) is 35.3 Å². The average Bonchev–Trinajstić information content (AvgIpc) is 2.68. The monoisotopic (exact) mass is 300 g/mol. The molecule has 1 unspecified atom stereocenters. The van der Waals surface area contributed by atoms with Crippen LogP contribution in [0.15, 0.2) is 35.1 Å². The topological polar surface area (TPSA) is 38.0 Å². The van der Waals surface area contributed by atoms with Crippen LogP contribution < -0.4 is 0 Å². The first-order valence-electron chi connectivity index (χ1n) is 4.69. The first-order chi connectivity index (χ1) is 7.58. The van der Waals surface area contributed by atoms with Gasteiger partial charge in [-0.25, -0.2) is 0 Å². The third-order valence-corrected chi connectivity index (χ3v) is 3.51. The van der Waals surface area contributed by atoms with Gasteiger partial charge in [0.1, 0.15) is 6.10 Å². The largest absolute Gasteiger partial charge is 0.384 e. The van der Waals surface area contributed by atoms with Crippen LogP contribution in [-0.4, -0.2) is 14.9 Å². The molecule has 0 aliphatic carbocycles. The van der Waals surface area contributed by atoms with Crippen molar-refractivity contribution in [3.63, 3.8) is 0 Å². The molecule has 84 valence electrons. The molecule has 1 heterocycles. The molecule has 0 fully saturated rings. The minimum absolute atomic E-state index is 0.627. The van der Waals surface area contributed by atoms with Crippen molar-refractivity contribution in [3.05, 3.63) is 51.2 Å². The van der Waals surface area contributed by atoms with Gasteiger partial charge < -0.3 is 5.11 Å². The molecule has 2 aromatic rings. The lowest BCUT2D eigenvalue weighted by molar-refractivity contribution is 0.220. The van der Waals surface area contributed by atoms with E-state index in [1.165, 1.54) is 0 Å². The maximum atomic E-state index is 10.1. The van der Waals surface area contributed by atoms with E-state index in [0.717, 1.165) is 15.6 Å². The number of benzene rings is 1. The van der Waals surface area contributed by atoms with Gasteiger partial charge in [0.25, 0.3) is 0 Å². The number of aromatic nitrogens is 2. The Morgan fingerprint density at radius 2 is 2.19 bits per heavy atom. The molecule has 1 aromatic carbocycles. The molecule has 0 spiro atoms. The van der Waals surface area contributed by atoms with Crippen molar-refractivity contribution in [1.29, 1.82) is 0 Å². The van der Waals surface area contributed by atoms with Crippen LogP contribution in [0.5, 0.6) is 0 Å².